The first-order valence-corrected chi connectivity index (χ1v) is 6.12. The molecule has 0 aliphatic carbocycles. The molecule has 0 aliphatic rings. The zero-order chi connectivity index (χ0) is 12.3. The van der Waals surface area contributed by atoms with Crippen molar-refractivity contribution in [2.75, 3.05) is 5.32 Å². The molecule has 5 heteroatoms. The second-order valence-corrected chi connectivity index (χ2v) is 4.64. The van der Waals surface area contributed by atoms with E-state index in [9.17, 15) is 0 Å². The highest BCUT2D eigenvalue weighted by atomic mass is 32.1. The number of thiazole rings is 1. The highest BCUT2D eigenvalue weighted by molar-refractivity contribution is 7.09. The predicted octanol–water partition coefficient (Wildman–Crippen LogP) is 2.89. The van der Waals surface area contributed by atoms with Crippen molar-refractivity contribution in [3.8, 4) is 6.07 Å². The Morgan fingerprint density at radius 1 is 1.47 bits per heavy atom. The van der Waals surface area contributed by atoms with E-state index in [1.54, 1.807) is 17.5 Å². The lowest BCUT2D eigenvalue weighted by molar-refractivity contribution is 0.859. The Balaban J connectivity index is 2.17. The molecule has 1 N–H and O–H groups in total. The van der Waals surface area contributed by atoms with Crippen molar-refractivity contribution < 1.29 is 0 Å². The van der Waals surface area contributed by atoms with Crippen LogP contribution in [0.3, 0.4) is 0 Å². The van der Waals surface area contributed by atoms with Gasteiger partial charge in [0, 0.05) is 11.6 Å². The van der Waals surface area contributed by atoms with Crippen molar-refractivity contribution in [1.29, 1.82) is 5.26 Å². The summed E-state index contributed by atoms with van der Waals surface area (Å²) in [4.78, 5) is 8.48. The van der Waals surface area contributed by atoms with E-state index in [1.165, 1.54) is 0 Å². The highest BCUT2D eigenvalue weighted by Crippen LogP contribution is 2.20. The molecule has 0 radical (unpaired) electrons. The van der Waals surface area contributed by atoms with Crippen molar-refractivity contribution in [3.05, 3.63) is 40.0 Å². The van der Waals surface area contributed by atoms with Crippen molar-refractivity contribution in [3.63, 3.8) is 0 Å². The van der Waals surface area contributed by atoms with E-state index in [2.05, 4.69) is 21.4 Å². The van der Waals surface area contributed by atoms with Gasteiger partial charge in [-0.05, 0) is 25.5 Å². The van der Waals surface area contributed by atoms with Crippen LogP contribution in [-0.4, -0.2) is 9.97 Å². The maximum atomic E-state index is 8.91. The molecule has 0 aliphatic heterocycles. The van der Waals surface area contributed by atoms with Gasteiger partial charge in [0.15, 0.2) is 0 Å². The molecule has 2 heterocycles. The largest absolute Gasteiger partial charge is 0.361 e. The number of rotatable bonds is 3. The van der Waals surface area contributed by atoms with Crippen LogP contribution >= 0.6 is 11.3 Å². The van der Waals surface area contributed by atoms with Gasteiger partial charge in [-0.25, -0.2) is 9.97 Å². The minimum atomic E-state index is 0.0942. The van der Waals surface area contributed by atoms with Crippen LogP contribution in [0.25, 0.3) is 0 Å². The molecule has 1 atom stereocenters. The molecule has 2 rings (SSSR count). The van der Waals surface area contributed by atoms with Crippen LogP contribution in [0, 0.1) is 18.3 Å². The third kappa shape index (κ3) is 2.60. The minimum absolute atomic E-state index is 0.0942. The first kappa shape index (κ1) is 11.6. The number of nitriles is 1. The zero-order valence-electron chi connectivity index (χ0n) is 9.64. The first-order chi connectivity index (χ1) is 8.20. The monoisotopic (exact) mass is 244 g/mol. The predicted molar refractivity (Wildman–Crippen MR) is 67.8 cm³/mol. The van der Waals surface area contributed by atoms with Gasteiger partial charge in [0.05, 0.1) is 6.04 Å². The number of anilines is 1. The van der Waals surface area contributed by atoms with E-state index < -0.39 is 0 Å². The van der Waals surface area contributed by atoms with Gasteiger partial charge in [-0.3, -0.25) is 0 Å². The summed E-state index contributed by atoms with van der Waals surface area (Å²) in [5, 5.41) is 15.1. The molecule has 0 fully saturated rings. The van der Waals surface area contributed by atoms with E-state index >= 15 is 0 Å². The Morgan fingerprint density at radius 2 is 2.29 bits per heavy atom. The summed E-state index contributed by atoms with van der Waals surface area (Å²) >= 11 is 1.60. The smallest absolute Gasteiger partial charge is 0.145 e. The Kier molecular flexibility index (Phi) is 3.35. The molecule has 4 nitrogen and oxygen atoms in total. The van der Waals surface area contributed by atoms with Crippen molar-refractivity contribution >= 4 is 17.2 Å². The number of aromatic nitrogens is 2. The SMILES string of the molecule is Cc1ccc(NC(C)c2nccs2)nc1C#N. The quantitative estimate of drug-likeness (QED) is 0.901. The number of nitrogens with zero attached hydrogens (tertiary/aromatic N) is 3. The summed E-state index contributed by atoms with van der Waals surface area (Å²) in [6.07, 6.45) is 1.78. The van der Waals surface area contributed by atoms with Crippen molar-refractivity contribution in [1.82, 2.24) is 9.97 Å². The minimum Gasteiger partial charge on any atom is -0.361 e. The van der Waals surface area contributed by atoms with Crippen LogP contribution < -0.4 is 5.32 Å². The Morgan fingerprint density at radius 3 is 2.94 bits per heavy atom. The maximum absolute atomic E-state index is 8.91. The number of hydrogen-bond donors (Lipinski definition) is 1. The Labute approximate surface area is 104 Å². The number of hydrogen-bond acceptors (Lipinski definition) is 5. The molecule has 2 aromatic rings. The molecule has 0 bridgehead atoms. The summed E-state index contributed by atoms with van der Waals surface area (Å²) in [5.41, 5.74) is 1.35. The van der Waals surface area contributed by atoms with Gasteiger partial charge in [-0.15, -0.1) is 11.3 Å². The lowest BCUT2D eigenvalue weighted by atomic mass is 10.2. The summed E-state index contributed by atoms with van der Waals surface area (Å²) < 4.78 is 0. The highest BCUT2D eigenvalue weighted by Gasteiger charge is 2.09. The van der Waals surface area contributed by atoms with Gasteiger partial charge in [0.25, 0.3) is 0 Å². The summed E-state index contributed by atoms with van der Waals surface area (Å²) in [6.45, 7) is 3.89. The molecule has 17 heavy (non-hydrogen) atoms. The molecule has 1 unspecified atom stereocenters. The van der Waals surface area contributed by atoms with Crippen LogP contribution in [-0.2, 0) is 0 Å². The average molecular weight is 244 g/mol. The van der Waals surface area contributed by atoms with Crippen LogP contribution in [0.2, 0.25) is 0 Å². The third-order valence-electron chi connectivity index (χ3n) is 2.39. The zero-order valence-corrected chi connectivity index (χ0v) is 10.5. The summed E-state index contributed by atoms with van der Waals surface area (Å²) in [7, 11) is 0. The molecule has 0 spiro atoms. The third-order valence-corrected chi connectivity index (χ3v) is 3.35. The second-order valence-electron chi connectivity index (χ2n) is 3.71. The molecule has 86 valence electrons. The number of pyridine rings is 1. The van der Waals surface area contributed by atoms with Crippen LogP contribution in [0.15, 0.2) is 23.7 Å². The van der Waals surface area contributed by atoms with Gasteiger partial charge in [-0.1, -0.05) is 6.07 Å². The molecule has 2 aromatic heterocycles. The molecule has 0 amide bonds. The standard InChI is InChI=1S/C12H12N4S/c1-8-3-4-11(16-10(8)7-13)15-9(2)12-14-5-6-17-12/h3-6,9H,1-2H3,(H,15,16). The summed E-state index contributed by atoms with van der Waals surface area (Å²) in [6, 6.07) is 5.94. The maximum Gasteiger partial charge on any atom is 0.145 e. The van der Waals surface area contributed by atoms with Crippen LogP contribution in [0.4, 0.5) is 5.82 Å². The number of aryl methyl sites for hydroxylation is 1. The van der Waals surface area contributed by atoms with E-state index in [4.69, 9.17) is 5.26 Å². The fraction of sp³-hybridized carbons (Fsp3) is 0.250. The van der Waals surface area contributed by atoms with Gasteiger partial charge >= 0.3 is 0 Å². The number of nitrogens with one attached hydrogen (secondary N) is 1. The molecular formula is C12H12N4S. The van der Waals surface area contributed by atoms with Gasteiger partial charge in [0.1, 0.15) is 22.6 Å². The fourth-order valence-electron chi connectivity index (χ4n) is 1.45. The molecule has 0 saturated carbocycles. The van der Waals surface area contributed by atoms with E-state index in [-0.39, 0.29) is 6.04 Å². The lowest BCUT2D eigenvalue weighted by Crippen LogP contribution is -2.08. The summed E-state index contributed by atoms with van der Waals surface area (Å²) in [5.74, 6) is 0.704. The van der Waals surface area contributed by atoms with E-state index in [0.29, 0.717) is 11.5 Å². The Hall–Kier alpha value is -1.93. The van der Waals surface area contributed by atoms with Crippen molar-refractivity contribution in [2.24, 2.45) is 0 Å². The molecular weight excluding hydrogens is 232 g/mol. The molecule has 0 aromatic carbocycles. The van der Waals surface area contributed by atoms with Crippen LogP contribution in [0.5, 0.6) is 0 Å². The Bertz CT molecular complexity index is 542. The van der Waals surface area contributed by atoms with E-state index in [0.717, 1.165) is 10.6 Å². The normalized spacial score (nSPS) is 11.8. The van der Waals surface area contributed by atoms with Gasteiger partial charge in [0.2, 0.25) is 0 Å². The lowest BCUT2D eigenvalue weighted by Gasteiger charge is -2.12. The van der Waals surface area contributed by atoms with Gasteiger partial charge < -0.3 is 5.32 Å². The van der Waals surface area contributed by atoms with Crippen molar-refractivity contribution in [2.45, 2.75) is 19.9 Å². The topological polar surface area (TPSA) is 61.6 Å². The molecule has 0 saturated heterocycles. The first-order valence-electron chi connectivity index (χ1n) is 5.24. The van der Waals surface area contributed by atoms with Gasteiger partial charge in [-0.2, -0.15) is 5.26 Å². The fourth-order valence-corrected chi connectivity index (χ4v) is 2.10. The van der Waals surface area contributed by atoms with Crippen LogP contribution in [0.1, 0.15) is 29.2 Å². The van der Waals surface area contributed by atoms with E-state index in [1.807, 2.05) is 31.4 Å². The average Bonchev–Trinajstić information content (AvgIpc) is 2.85. The second kappa shape index (κ2) is 4.93.